The zero-order valence-electron chi connectivity index (χ0n) is 17.4. The van der Waals surface area contributed by atoms with Crippen molar-refractivity contribution < 1.29 is 27.7 Å². The van der Waals surface area contributed by atoms with Gasteiger partial charge < -0.3 is 14.7 Å². The first kappa shape index (κ1) is 23.0. The topological polar surface area (TPSA) is 87.0 Å². The Balaban J connectivity index is 1.73. The van der Waals surface area contributed by atoms with Gasteiger partial charge in [-0.05, 0) is 24.3 Å². The minimum absolute atomic E-state index is 0.0502. The number of piperazine rings is 1. The molecule has 2 amide bonds. The summed E-state index contributed by atoms with van der Waals surface area (Å²) in [6.07, 6.45) is -4.66. The number of hydrogen-bond donors (Lipinski definition) is 0. The van der Waals surface area contributed by atoms with Gasteiger partial charge in [0.1, 0.15) is 5.69 Å². The Morgan fingerprint density at radius 3 is 2.06 bits per heavy atom. The largest absolute Gasteiger partial charge is 0.417 e. The maximum Gasteiger partial charge on any atom is 0.417 e. The highest BCUT2D eigenvalue weighted by Crippen LogP contribution is 2.33. The lowest BCUT2D eigenvalue weighted by atomic mass is 10.1. The van der Waals surface area contributed by atoms with Gasteiger partial charge in [-0.25, -0.2) is 0 Å². The molecule has 1 aliphatic rings. The minimum atomic E-state index is -4.66. The number of alkyl halides is 3. The predicted octanol–water partition coefficient (Wildman–Crippen LogP) is 3.28. The van der Waals surface area contributed by atoms with Gasteiger partial charge in [0.25, 0.3) is 17.5 Å². The normalized spacial score (nSPS) is 14.3. The molecular formula is C21H21F3N4O4. The molecule has 11 heteroatoms. The van der Waals surface area contributed by atoms with Crippen LogP contribution in [0.25, 0.3) is 0 Å². The summed E-state index contributed by atoms with van der Waals surface area (Å²) in [6, 6.07) is 8.75. The molecule has 2 aromatic carbocycles. The van der Waals surface area contributed by atoms with Gasteiger partial charge in [0.2, 0.25) is 0 Å². The van der Waals surface area contributed by atoms with E-state index in [1.54, 1.807) is 19.0 Å². The van der Waals surface area contributed by atoms with Crippen LogP contribution in [0.3, 0.4) is 0 Å². The van der Waals surface area contributed by atoms with Crippen LogP contribution in [-0.4, -0.2) is 66.8 Å². The lowest BCUT2D eigenvalue weighted by Gasteiger charge is -2.35. The van der Waals surface area contributed by atoms with Crippen LogP contribution in [0, 0.1) is 10.1 Å². The Morgan fingerprint density at radius 1 is 0.969 bits per heavy atom. The molecule has 0 unspecified atom stereocenters. The second-order valence-corrected chi connectivity index (χ2v) is 7.48. The number of nitrogens with zero attached hydrogens (tertiary/aromatic N) is 4. The average Bonchev–Trinajstić information content (AvgIpc) is 2.77. The number of carbonyl (C=O) groups is 2. The maximum atomic E-state index is 13.2. The molecule has 2 aromatic rings. The van der Waals surface area contributed by atoms with Crippen molar-refractivity contribution in [1.29, 1.82) is 0 Å². The number of anilines is 1. The number of halogens is 3. The Labute approximate surface area is 182 Å². The van der Waals surface area contributed by atoms with Crippen LogP contribution in [0.4, 0.5) is 24.5 Å². The third-order valence-corrected chi connectivity index (χ3v) is 5.22. The van der Waals surface area contributed by atoms with E-state index in [0.29, 0.717) is 5.69 Å². The Kier molecular flexibility index (Phi) is 6.37. The minimum Gasteiger partial charge on any atom is -0.372 e. The lowest BCUT2D eigenvalue weighted by molar-refractivity contribution is -0.384. The molecule has 1 saturated heterocycles. The van der Waals surface area contributed by atoms with Crippen molar-refractivity contribution in [1.82, 2.24) is 9.80 Å². The standard InChI is InChI=1S/C21H21F3N4O4/c1-25(2)17-8-7-14(13-18(17)28(31)32)19(29)26-9-11-27(12-10-26)20(30)15-5-3-4-6-16(15)21(22,23)24/h3-8,13H,9-12H2,1-2H3. The molecule has 0 spiro atoms. The fourth-order valence-electron chi connectivity index (χ4n) is 3.56. The summed E-state index contributed by atoms with van der Waals surface area (Å²) in [5.41, 5.74) is -1.17. The third kappa shape index (κ3) is 4.66. The van der Waals surface area contributed by atoms with Gasteiger partial charge in [-0.15, -0.1) is 0 Å². The number of nitro benzene ring substituents is 1. The number of nitro groups is 1. The summed E-state index contributed by atoms with van der Waals surface area (Å²) in [7, 11) is 3.30. The number of benzene rings is 2. The molecule has 170 valence electrons. The number of rotatable bonds is 4. The lowest BCUT2D eigenvalue weighted by Crippen LogP contribution is -2.50. The van der Waals surface area contributed by atoms with Crippen LogP contribution in [-0.2, 0) is 6.18 Å². The molecule has 1 aliphatic heterocycles. The highest BCUT2D eigenvalue weighted by molar-refractivity contribution is 5.97. The molecule has 0 bridgehead atoms. The van der Waals surface area contributed by atoms with Gasteiger partial charge in [-0.1, -0.05) is 12.1 Å². The quantitative estimate of drug-likeness (QED) is 0.527. The Bertz CT molecular complexity index is 1050. The van der Waals surface area contributed by atoms with Crippen LogP contribution in [0.5, 0.6) is 0 Å². The fourth-order valence-corrected chi connectivity index (χ4v) is 3.56. The van der Waals surface area contributed by atoms with Crippen molar-refractivity contribution in [3.8, 4) is 0 Å². The van der Waals surface area contributed by atoms with E-state index in [9.17, 15) is 32.9 Å². The van der Waals surface area contributed by atoms with Crippen LogP contribution in [0.1, 0.15) is 26.3 Å². The van der Waals surface area contributed by atoms with Gasteiger partial charge in [-0.2, -0.15) is 13.2 Å². The average molecular weight is 450 g/mol. The van der Waals surface area contributed by atoms with Crippen molar-refractivity contribution in [2.24, 2.45) is 0 Å². The second kappa shape index (κ2) is 8.85. The fraction of sp³-hybridized carbons (Fsp3) is 0.333. The Hall–Kier alpha value is -3.63. The molecule has 1 fully saturated rings. The van der Waals surface area contributed by atoms with Gasteiger partial charge in [0.15, 0.2) is 0 Å². The molecule has 0 aromatic heterocycles. The zero-order valence-corrected chi connectivity index (χ0v) is 17.4. The monoisotopic (exact) mass is 450 g/mol. The number of hydrogen-bond acceptors (Lipinski definition) is 5. The summed E-state index contributed by atoms with van der Waals surface area (Å²) in [5.74, 6) is -1.20. The van der Waals surface area contributed by atoms with E-state index in [0.717, 1.165) is 12.1 Å². The first-order chi connectivity index (χ1) is 15.0. The SMILES string of the molecule is CN(C)c1ccc(C(=O)N2CCN(C(=O)c3ccccc3C(F)(F)F)CC2)cc1[N+](=O)[O-]. The first-order valence-electron chi connectivity index (χ1n) is 9.71. The predicted molar refractivity (Wildman–Crippen MR) is 111 cm³/mol. The second-order valence-electron chi connectivity index (χ2n) is 7.48. The smallest absolute Gasteiger partial charge is 0.372 e. The molecule has 8 nitrogen and oxygen atoms in total. The van der Waals surface area contributed by atoms with Crippen LogP contribution in [0.2, 0.25) is 0 Å². The molecule has 0 saturated carbocycles. The summed E-state index contributed by atoms with van der Waals surface area (Å²) < 4.78 is 39.7. The van der Waals surface area contributed by atoms with Crippen molar-refractivity contribution in [3.05, 3.63) is 69.3 Å². The van der Waals surface area contributed by atoms with E-state index < -0.39 is 34.0 Å². The molecule has 1 heterocycles. The third-order valence-electron chi connectivity index (χ3n) is 5.22. The molecule has 0 aliphatic carbocycles. The summed E-state index contributed by atoms with van der Waals surface area (Å²) in [6.45, 7) is 0.299. The van der Waals surface area contributed by atoms with Gasteiger partial charge in [0, 0.05) is 51.9 Å². The zero-order chi connectivity index (χ0) is 23.6. The Morgan fingerprint density at radius 2 is 1.53 bits per heavy atom. The summed E-state index contributed by atoms with van der Waals surface area (Å²) in [5, 5.41) is 11.4. The maximum absolute atomic E-state index is 13.2. The molecular weight excluding hydrogens is 429 g/mol. The van der Waals surface area contributed by atoms with Crippen molar-refractivity contribution in [2.45, 2.75) is 6.18 Å². The van der Waals surface area contributed by atoms with E-state index in [4.69, 9.17) is 0 Å². The molecule has 0 radical (unpaired) electrons. The van der Waals surface area contributed by atoms with Gasteiger partial charge >= 0.3 is 6.18 Å². The van der Waals surface area contributed by atoms with E-state index in [2.05, 4.69) is 0 Å². The van der Waals surface area contributed by atoms with Crippen LogP contribution >= 0.6 is 0 Å². The summed E-state index contributed by atoms with van der Waals surface area (Å²) >= 11 is 0. The van der Waals surface area contributed by atoms with Crippen LogP contribution < -0.4 is 4.90 Å². The van der Waals surface area contributed by atoms with E-state index in [1.807, 2.05) is 0 Å². The highest BCUT2D eigenvalue weighted by Gasteiger charge is 2.36. The number of amides is 2. The van der Waals surface area contributed by atoms with Crippen LogP contribution in [0.15, 0.2) is 42.5 Å². The van der Waals surface area contributed by atoms with E-state index in [-0.39, 0.29) is 37.4 Å². The molecule has 32 heavy (non-hydrogen) atoms. The molecule has 0 atom stereocenters. The number of carbonyl (C=O) groups excluding carboxylic acids is 2. The van der Waals surface area contributed by atoms with E-state index >= 15 is 0 Å². The van der Waals surface area contributed by atoms with Crippen molar-refractivity contribution in [3.63, 3.8) is 0 Å². The first-order valence-corrected chi connectivity index (χ1v) is 9.71. The highest BCUT2D eigenvalue weighted by atomic mass is 19.4. The summed E-state index contributed by atoms with van der Waals surface area (Å²) in [4.78, 5) is 40.6. The molecule has 0 N–H and O–H groups in total. The molecule has 3 rings (SSSR count). The van der Waals surface area contributed by atoms with Gasteiger partial charge in [-0.3, -0.25) is 19.7 Å². The van der Waals surface area contributed by atoms with E-state index in [1.165, 1.54) is 40.1 Å². The van der Waals surface area contributed by atoms with Crippen molar-refractivity contribution in [2.75, 3.05) is 45.2 Å². The van der Waals surface area contributed by atoms with Gasteiger partial charge in [0.05, 0.1) is 16.1 Å². The van der Waals surface area contributed by atoms with Crippen molar-refractivity contribution >= 4 is 23.2 Å².